The van der Waals surface area contributed by atoms with Gasteiger partial charge in [-0.15, -0.1) is 0 Å². The van der Waals surface area contributed by atoms with Gasteiger partial charge in [-0.3, -0.25) is 14.5 Å². The number of amides is 4. The number of rotatable bonds is 9. The Morgan fingerprint density at radius 1 is 1.10 bits per heavy atom. The number of carbonyl (C=O) groups is 3. The Morgan fingerprint density at radius 2 is 1.63 bits per heavy atom. The number of carbonyl (C=O) groups excluding carboxylic acids is 3. The molecule has 0 saturated carbocycles. The zero-order valence-corrected chi connectivity index (χ0v) is 18.6. The molecule has 1 saturated heterocycles. The van der Waals surface area contributed by atoms with Crippen molar-refractivity contribution in [1.29, 1.82) is 5.26 Å². The number of nitriles is 1. The van der Waals surface area contributed by atoms with E-state index >= 15 is 0 Å². The summed E-state index contributed by atoms with van der Waals surface area (Å²) < 4.78 is 0. The van der Waals surface area contributed by atoms with Crippen LogP contribution in [0, 0.1) is 23.2 Å². The third-order valence-electron chi connectivity index (χ3n) is 5.47. The quantitative estimate of drug-likeness (QED) is 0.630. The summed E-state index contributed by atoms with van der Waals surface area (Å²) in [6.45, 7) is 11.0. The third kappa shape index (κ3) is 5.38. The second-order valence-electron chi connectivity index (χ2n) is 8.88. The standard InChI is InChI=1S/C23H32N4O3/c1-16(2)10-12-26(13-11-17(3)4)20(28)15-27-21(29)23(5,25-22(27)30)19-8-6-18(14-24)7-9-19/h6-9,16-17H,10-13,15H2,1-5H3,(H,25,30). The van der Waals surface area contributed by atoms with Gasteiger partial charge in [-0.05, 0) is 49.3 Å². The molecule has 1 aromatic carbocycles. The van der Waals surface area contributed by atoms with Gasteiger partial charge < -0.3 is 10.2 Å². The first-order chi connectivity index (χ1) is 14.1. The van der Waals surface area contributed by atoms with Crippen LogP contribution in [0.25, 0.3) is 0 Å². The molecule has 1 aliphatic rings. The largest absolute Gasteiger partial charge is 0.341 e. The van der Waals surface area contributed by atoms with Crippen molar-refractivity contribution in [3.8, 4) is 6.07 Å². The molecule has 0 aliphatic carbocycles. The van der Waals surface area contributed by atoms with Gasteiger partial charge >= 0.3 is 6.03 Å². The van der Waals surface area contributed by atoms with Crippen LogP contribution in [0.15, 0.2) is 24.3 Å². The Balaban J connectivity index is 2.15. The molecule has 1 atom stereocenters. The van der Waals surface area contributed by atoms with Crippen LogP contribution in [0.4, 0.5) is 4.79 Å². The van der Waals surface area contributed by atoms with E-state index in [1.165, 1.54) is 0 Å². The molecule has 7 nitrogen and oxygen atoms in total. The number of benzene rings is 1. The van der Waals surface area contributed by atoms with E-state index in [-0.39, 0.29) is 12.5 Å². The van der Waals surface area contributed by atoms with Crippen LogP contribution in [0.3, 0.4) is 0 Å². The molecule has 1 unspecified atom stereocenters. The highest BCUT2D eigenvalue weighted by Crippen LogP contribution is 2.29. The summed E-state index contributed by atoms with van der Waals surface area (Å²) in [7, 11) is 0. The van der Waals surface area contributed by atoms with Crippen LogP contribution in [0.5, 0.6) is 0 Å². The lowest BCUT2D eigenvalue weighted by Gasteiger charge is -2.26. The van der Waals surface area contributed by atoms with Crippen LogP contribution < -0.4 is 5.32 Å². The van der Waals surface area contributed by atoms with Crippen molar-refractivity contribution in [2.75, 3.05) is 19.6 Å². The summed E-state index contributed by atoms with van der Waals surface area (Å²) in [5, 5.41) is 11.7. The Morgan fingerprint density at radius 3 is 2.10 bits per heavy atom. The fourth-order valence-electron chi connectivity index (χ4n) is 3.34. The highest BCUT2D eigenvalue weighted by molar-refractivity contribution is 6.09. The van der Waals surface area contributed by atoms with Crippen molar-refractivity contribution in [3.63, 3.8) is 0 Å². The van der Waals surface area contributed by atoms with Crippen molar-refractivity contribution < 1.29 is 14.4 Å². The molecular formula is C23H32N4O3. The van der Waals surface area contributed by atoms with E-state index in [1.807, 2.05) is 6.07 Å². The van der Waals surface area contributed by atoms with Crippen molar-refractivity contribution in [3.05, 3.63) is 35.4 Å². The predicted molar refractivity (Wildman–Crippen MR) is 114 cm³/mol. The minimum atomic E-state index is -1.26. The maximum Gasteiger partial charge on any atom is 0.325 e. The van der Waals surface area contributed by atoms with Crippen LogP contribution >= 0.6 is 0 Å². The molecule has 30 heavy (non-hydrogen) atoms. The summed E-state index contributed by atoms with van der Waals surface area (Å²) >= 11 is 0. The van der Waals surface area contributed by atoms with Crippen LogP contribution in [0.1, 0.15) is 58.6 Å². The number of hydrogen-bond acceptors (Lipinski definition) is 4. The van der Waals surface area contributed by atoms with Gasteiger partial charge in [-0.1, -0.05) is 39.8 Å². The molecule has 162 valence electrons. The number of imide groups is 1. The van der Waals surface area contributed by atoms with Gasteiger partial charge in [0.2, 0.25) is 5.91 Å². The number of nitrogens with one attached hydrogen (secondary N) is 1. The summed E-state index contributed by atoms with van der Waals surface area (Å²) in [6.07, 6.45) is 1.74. The molecule has 1 aromatic rings. The molecule has 0 spiro atoms. The second-order valence-corrected chi connectivity index (χ2v) is 8.88. The fourth-order valence-corrected chi connectivity index (χ4v) is 3.34. The molecule has 0 bridgehead atoms. The molecular weight excluding hydrogens is 380 g/mol. The summed E-state index contributed by atoms with van der Waals surface area (Å²) in [5.41, 5.74) is -0.213. The van der Waals surface area contributed by atoms with Crippen molar-refractivity contribution in [2.45, 2.75) is 53.0 Å². The normalized spacial score (nSPS) is 18.7. The van der Waals surface area contributed by atoms with Crippen molar-refractivity contribution >= 4 is 17.8 Å². The first kappa shape index (κ1) is 23.4. The van der Waals surface area contributed by atoms with E-state index < -0.39 is 17.5 Å². The summed E-state index contributed by atoms with van der Waals surface area (Å²) in [5.74, 6) is 0.230. The van der Waals surface area contributed by atoms with Gasteiger partial charge in [-0.25, -0.2) is 4.79 Å². The lowest BCUT2D eigenvalue weighted by Crippen LogP contribution is -2.45. The molecule has 0 radical (unpaired) electrons. The van der Waals surface area contributed by atoms with E-state index in [0.29, 0.717) is 36.1 Å². The zero-order valence-electron chi connectivity index (χ0n) is 18.6. The fraction of sp³-hybridized carbons (Fsp3) is 0.565. The van der Waals surface area contributed by atoms with E-state index in [4.69, 9.17) is 5.26 Å². The Kier molecular flexibility index (Phi) is 7.60. The summed E-state index contributed by atoms with van der Waals surface area (Å²) in [6, 6.07) is 7.97. The van der Waals surface area contributed by atoms with E-state index in [0.717, 1.165) is 17.7 Å². The third-order valence-corrected chi connectivity index (χ3v) is 5.47. The Hall–Kier alpha value is -2.88. The highest BCUT2D eigenvalue weighted by atomic mass is 16.2. The number of nitrogens with zero attached hydrogens (tertiary/aromatic N) is 3. The highest BCUT2D eigenvalue weighted by Gasteiger charge is 2.49. The lowest BCUT2D eigenvalue weighted by atomic mass is 9.91. The average Bonchev–Trinajstić information content (AvgIpc) is 2.91. The van der Waals surface area contributed by atoms with Crippen LogP contribution in [0.2, 0.25) is 0 Å². The topological polar surface area (TPSA) is 93.5 Å². The van der Waals surface area contributed by atoms with Gasteiger partial charge in [-0.2, -0.15) is 5.26 Å². The van der Waals surface area contributed by atoms with Crippen LogP contribution in [-0.4, -0.2) is 47.3 Å². The van der Waals surface area contributed by atoms with Gasteiger partial charge in [0.05, 0.1) is 11.6 Å². The number of urea groups is 1. The molecule has 1 heterocycles. The predicted octanol–water partition coefficient (Wildman–Crippen LogP) is 3.25. The molecule has 0 aromatic heterocycles. The van der Waals surface area contributed by atoms with Crippen molar-refractivity contribution in [1.82, 2.24) is 15.1 Å². The summed E-state index contributed by atoms with van der Waals surface area (Å²) in [4.78, 5) is 41.4. The smallest absolute Gasteiger partial charge is 0.325 e. The monoisotopic (exact) mass is 412 g/mol. The molecule has 2 rings (SSSR count). The van der Waals surface area contributed by atoms with Crippen LogP contribution in [-0.2, 0) is 15.1 Å². The molecule has 1 N–H and O–H groups in total. The van der Waals surface area contributed by atoms with Gasteiger partial charge in [0.15, 0.2) is 0 Å². The van der Waals surface area contributed by atoms with Gasteiger partial charge in [0.1, 0.15) is 12.1 Å². The minimum absolute atomic E-state index is 0.219. The molecule has 1 fully saturated rings. The second kappa shape index (κ2) is 9.75. The first-order valence-electron chi connectivity index (χ1n) is 10.5. The zero-order chi connectivity index (χ0) is 22.5. The lowest BCUT2D eigenvalue weighted by molar-refractivity contribution is -0.139. The minimum Gasteiger partial charge on any atom is -0.341 e. The van der Waals surface area contributed by atoms with E-state index in [1.54, 1.807) is 36.1 Å². The van der Waals surface area contributed by atoms with E-state index in [2.05, 4.69) is 33.0 Å². The van der Waals surface area contributed by atoms with Gasteiger partial charge in [0, 0.05) is 13.1 Å². The molecule has 1 aliphatic heterocycles. The maximum atomic E-state index is 13.1. The first-order valence-corrected chi connectivity index (χ1v) is 10.5. The SMILES string of the molecule is CC(C)CCN(CCC(C)C)C(=O)CN1C(=O)NC(C)(c2ccc(C#N)cc2)C1=O. The van der Waals surface area contributed by atoms with E-state index in [9.17, 15) is 14.4 Å². The van der Waals surface area contributed by atoms with Crippen molar-refractivity contribution in [2.24, 2.45) is 11.8 Å². The molecule has 4 amide bonds. The Bertz CT molecular complexity index is 814. The average molecular weight is 413 g/mol. The van der Waals surface area contributed by atoms with Gasteiger partial charge in [0.25, 0.3) is 5.91 Å². The Labute approximate surface area is 179 Å². The number of hydrogen-bond donors (Lipinski definition) is 1. The molecule has 7 heteroatoms. The maximum absolute atomic E-state index is 13.1.